The maximum atomic E-state index is 13.3. The SMILES string of the molecule is C=C1C2(OCCN(C(C)=O)C(=O)c3nc4ccc(O)cc4s3)CC3CC(C2)CC1(c1cccc(OC(C)=O)c1)C3. The molecule has 1 heterocycles. The van der Waals surface area contributed by atoms with Crippen LogP contribution in [0.1, 0.15) is 61.3 Å². The fourth-order valence-electron chi connectivity index (χ4n) is 7.46. The van der Waals surface area contributed by atoms with Crippen molar-refractivity contribution in [2.24, 2.45) is 11.8 Å². The van der Waals surface area contributed by atoms with Crippen LogP contribution in [-0.4, -0.2) is 51.5 Å². The summed E-state index contributed by atoms with van der Waals surface area (Å²) in [6, 6.07) is 12.5. The Kier molecular flexibility index (Phi) is 6.54. The van der Waals surface area contributed by atoms with Gasteiger partial charge in [0.05, 0.1) is 29.0 Å². The van der Waals surface area contributed by atoms with Gasteiger partial charge in [0.25, 0.3) is 5.91 Å². The summed E-state index contributed by atoms with van der Waals surface area (Å²) in [6.45, 7) is 7.67. The number of phenolic OH excluding ortho intramolecular Hbond substituents is 1. The third-order valence-electron chi connectivity index (χ3n) is 8.83. The molecule has 2 unspecified atom stereocenters. The number of benzene rings is 2. The summed E-state index contributed by atoms with van der Waals surface area (Å²) in [5.41, 5.74) is 1.95. The Labute approximate surface area is 236 Å². The molecule has 3 aromatic rings. The highest BCUT2D eigenvalue weighted by molar-refractivity contribution is 7.20. The highest BCUT2D eigenvalue weighted by atomic mass is 32.1. The molecule has 4 fully saturated rings. The molecule has 1 N–H and O–H groups in total. The highest BCUT2D eigenvalue weighted by Gasteiger charge is 2.61. The molecule has 0 radical (unpaired) electrons. The van der Waals surface area contributed by atoms with E-state index in [4.69, 9.17) is 9.47 Å². The topological polar surface area (TPSA) is 106 Å². The molecule has 2 aromatic carbocycles. The Morgan fingerprint density at radius 2 is 1.85 bits per heavy atom. The van der Waals surface area contributed by atoms with Crippen LogP contribution in [0.15, 0.2) is 54.6 Å². The van der Waals surface area contributed by atoms with Crippen LogP contribution in [0.3, 0.4) is 0 Å². The van der Waals surface area contributed by atoms with Gasteiger partial charge in [-0.25, -0.2) is 4.98 Å². The van der Waals surface area contributed by atoms with E-state index < -0.39 is 11.5 Å². The molecule has 0 spiro atoms. The second-order valence-corrected chi connectivity index (χ2v) is 12.5. The van der Waals surface area contributed by atoms with Crippen molar-refractivity contribution in [3.8, 4) is 11.5 Å². The molecule has 40 heavy (non-hydrogen) atoms. The van der Waals surface area contributed by atoms with Gasteiger partial charge in [0.1, 0.15) is 11.5 Å². The van der Waals surface area contributed by atoms with Crippen molar-refractivity contribution in [3.63, 3.8) is 0 Å². The molecule has 4 saturated carbocycles. The van der Waals surface area contributed by atoms with Gasteiger partial charge in [-0.05, 0) is 85.4 Å². The molecule has 0 aliphatic heterocycles. The highest BCUT2D eigenvalue weighted by Crippen LogP contribution is 2.65. The van der Waals surface area contributed by atoms with E-state index in [-0.39, 0.29) is 41.2 Å². The molecule has 7 rings (SSSR count). The maximum absolute atomic E-state index is 13.3. The first-order chi connectivity index (χ1) is 19.1. The zero-order valence-corrected chi connectivity index (χ0v) is 23.5. The molecule has 4 bridgehead atoms. The van der Waals surface area contributed by atoms with Gasteiger partial charge in [-0.2, -0.15) is 0 Å². The number of nitrogens with zero attached hydrogens (tertiary/aromatic N) is 2. The number of imide groups is 1. The number of rotatable bonds is 7. The van der Waals surface area contributed by atoms with Gasteiger partial charge < -0.3 is 14.6 Å². The number of carbonyl (C=O) groups excluding carboxylic acids is 3. The Morgan fingerprint density at radius 3 is 2.55 bits per heavy atom. The molecular formula is C31H32N2O6S. The van der Waals surface area contributed by atoms with Crippen LogP contribution in [0.2, 0.25) is 0 Å². The first-order valence-corrected chi connectivity index (χ1v) is 14.4. The molecule has 208 valence electrons. The molecule has 9 heteroatoms. The monoisotopic (exact) mass is 560 g/mol. The fraction of sp³-hybridized carbons (Fsp3) is 0.419. The lowest BCUT2D eigenvalue weighted by Crippen LogP contribution is -2.60. The second kappa shape index (κ2) is 9.82. The summed E-state index contributed by atoms with van der Waals surface area (Å²) in [7, 11) is 0. The average Bonchev–Trinajstić information content (AvgIpc) is 3.32. The van der Waals surface area contributed by atoms with Crippen molar-refractivity contribution < 1.29 is 29.0 Å². The first kappa shape index (κ1) is 26.7. The molecule has 0 saturated heterocycles. The number of phenols is 1. The predicted molar refractivity (Wildman–Crippen MR) is 150 cm³/mol. The Hall–Kier alpha value is -3.56. The molecule has 2 atom stereocenters. The van der Waals surface area contributed by atoms with E-state index in [1.807, 2.05) is 12.1 Å². The zero-order chi connectivity index (χ0) is 28.2. The molecule has 4 aliphatic rings. The zero-order valence-electron chi connectivity index (χ0n) is 22.6. The fourth-order valence-corrected chi connectivity index (χ4v) is 8.40. The summed E-state index contributed by atoms with van der Waals surface area (Å²) in [5.74, 6) is 0.400. The summed E-state index contributed by atoms with van der Waals surface area (Å²) in [4.78, 5) is 42.9. The van der Waals surface area contributed by atoms with E-state index in [9.17, 15) is 19.5 Å². The van der Waals surface area contributed by atoms with E-state index in [0.29, 0.717) is 27.8 Å². The maximum Gasteiger partial charge on any atom is 0.308 e. The number of aromatic nitrogens is 1. The van der Waals surface area contributed by atoms with Gasteiger partial charge in [-0.3, -0.25) is 19.3 Å². The smallest absolute Gasteiger partial charge is 0.308 e. The van der Waals surface area contributed by atoms with E-state index in [1.165, 1.54) is 24.8 Å². The van der Waals surface area contributed by atoms with Crippen LogP contribution in [0.4, 0.5) is 0 Å². The number of ether oxygens (including phenoxy) is 2. The van der Waals surface area contributed by atoms with Crippen LogP contribution in [-0.2, 0) is 19.7 Å². The van der Waals surface area contributed by atoms with E-state index in [1.54, 1.807) is 18.2 Å². The quantitative estimate of drug-likeness (QED) is 0.235. The first-order valence-electron chi connectivity index (χ1n) is 13.6. The van der Waals surface area contributed by atoms with Crippen molar-refractivity contribution in [2.45, 2.75) is 57.0 Å². The van der Waals surface area contributed by atoms with Crippen LogP contribution in [0, 0.1) is 11.8 Å². The third-order valence-corrected chi connectivity index (χ3v) is 9.83. The van der Waals surface area contributed by atoms with Crippen molar-refractivity contribution in [1.82, 2.24) is 9.88 Å². The second-order valence-electron chi connectivity index (χ2n) is 11.5. The number of esters is 1. The Bertz CT molecular complexity index is 1530. The van der Waals surface area contributed by atoms with Crippen LogP contribution >= 0.6 is 11.3 Å². The number of fused-ring (bicyclic) bond motifs is 1. The lowest BCUT2D eigenvalue weighted by atomic mass is 9.44. The Morgan fingerprint density at radius 1 is 1.10 bits per heavy atom. The Balaban J connectivity index is 1.21. The average molecular weight is 561 g/mol. The number of hydrogen-bond acceptors (Lipinski definition) is 8. The number of carbonyl (C=O) groups is 3. The van der Waals surface area contributed by atoms with Gasteiger partial charge in [0, 0.05) is 19.3 Å². The van der Waals surface area contributed by atoms with Crippen molar-refractivity contribution in [3.05, 3.63) is 65.2 Å². The van der Waals surface area contributed by atoms with Crippen LogP contribution in [0.5, 0.6) is 11.5 Å². The third kappa shape index (κ3) is 4.51. The number of hydrogen-bond donors (Lipinski definition) is 1. The molecule has 8 nitrogen and oxygen atoms in total. The molecule has 1 aromatic heterocycles. The lowest BCUT2D eigenvalue weighted by molar-refractivity contribution is -0.137. The summed E-state index contributed by atoms with van der Waals surface area (Å²) in [5, 5.41) is 9.95. The minimum Gasteiger partial charge on any atom is -0.508 e. The van der Waals surface area contributed by atoms with Crippen LogP contribution < -0.4 is 4.74 Å². The van der Waals surface area contributed by atoms with Gasteiger partial charge in [0.2, 0.25) is 5.91 Å². The molecule has 4 aliphatic carbocycles. The minimum atomic E-state index is -0.527. The predicted octanol–water partition coefficient (Wildman–Crippen LogP) is 5.39. The normalized spacial score (nSPS) is 26.7. The summed E-state index contributed by atoms with van der Waals surface area (Å²) >= 11 is 1.15. The number of aromatic hydroxyl groups is 1. The molecular weight excluding hydrogens is 528 g/mol. The van der Waals surface area contributed by atoms with Crippen molar-refractivity contribution >= 4 is 39.3 Å². The largest absolute Gasteiger partial charge is 0.508 e. The number of amides is 2. The van der Waals surface area contributed by atoms with Gasteiger partial charge in [-0.1, -0.05) is 18.7 Å². The van der Waals surface area contributed by atoms with E-state index in [0.717, 1.165) is 54.6 Å². The van der Waals surface area contributed by atoms with Crippen molar-refractivity contribution in [1.29, 1.82) is 0 Å². The van der Waals surface area contributed by atoms with Gasteiger partial charge >= 0.3 is 5.97 Å². The molecule has 2 amide bonds. The number of thiazole rings is 1. The van der Waals surface area contributed by atoms with Gasteiger partial charge in [-0.15, -0.1) is 11.3 Å². The lowest BCUT2D eigenvalue weighted by Gasteiger charge is -2.63. The van der Waals surface area contributed by atoms with Crippen LogP contribution in [0.25, 0.3) is 10.2 Å². The standard InChI is InChI=1S/C31H32N2O6S/c1-18-30(23-5-4-6-25(12-23)39-20(3)35)14-21-11-22(15-30)17-31(18,16-21)38-10-9-33(19(2)34)29(37)28-32-26-8-7-24(36)13-27(26)40-28/h4-8,12-13,21-22,36H,1,9-11,14-17H2,2-3H3. The summed E-state index contributed by atoms with van der Waals surface area (Å²) in [6.07, 6.45) is 4.89. The van der Waals surface area contributed by atoms with Crippen molar-refractivity contribution in [2.75, 3.05) is 13.2 Å². The summed E-state index contributed by atoms with van der Waals surface area (Å²) < 4.78 is 12.7. The van der Waals surface area contributed by atoms with E-state index in [2.05, 4.69) is 17.6 Å². The van der Waals surface area contributed by atoms with E-state index >= 15 is 0 Å². The van der Waals surface area contributed by atoms with Gasteiger partial charge in [0.15, 0.2) is 5.01 Å². The minimum absolute atomic E-state index is 0.0960.